The third-order valence-electron chi connectivity index (χ3n) is 3.68. The zero-order valence-corrected chi connectivity index (χ0v) is 15.5. The number of hydrogen-bond donors (Lipinski definition) is 0. The Kier molecular flexibility index (Phi) is 6.31. The topological polar surface area (TPSA) is 52.8 Å². The molecule has 142 valence electrons. The average molecular weight is 392 g/mol. The van der Waals surface area contributed by atoms with E-state index >= 15 is 0 Å². The standard InChI is InChI=1S/C19H18F2N2O3S/c1-2-25-9-8-23-18-15(21)10-13(20)11-16(18)27-19(23)22-17(24)12-26-14-6-4-3-5-7-14/h3-7,10-11H,2,8-9,12H2,1H3. The van der Waals surface area contributed by atoms with Gasteiger partial charge in [-0.15, -0.1) is 0 Å². The van der Waals surface area contributed by atoms with Crippen molar-refractivity contribution in [2.24, 2.45) is 4.99 Å². The Morgan fingerprint density at radius 2 is 2.00 bits per heavy atom. The summed E-state index contributed by atoms with van der Waals surface area (Å²) in [6.45, 7) is 2.72. The Morgan fingerprint density at radius 1 is 1.22 bits per heavy atom. The molecule has 1 heterocycles. The molecule has 0 aliphatic heterocycles. The quantitative estimate of drug-likeness (QED) is 0.578. The Morgan fingerprint density at radius 3 is 2.74 bits per heavy atom. The molecule has 3 aromatic rings. The Labute approximate surface area is 158 Å². The highest BCUT2D eigenvalue weighted by Gasteiger charge is 2.14. The van der Waals surface area contributed by atoms with Crippen molar-refractivity contribution >= 4 is 27.5 Å². The molecule has 1 amide bonds. The van der Waals surface area contributed by atoms with Crippen molar-refractivity contribution < 1.29 is 23.0 Å². The van der Waals surface area contributed by atoms with Crippen LogP contribution in [0.3, 0.4) is 0 Å². The van der Waals surface area contributed by atoms with Gasteiger partial charge in [0.05, 0.1) is 16.8 Å². The van der Waals surface area contributed by atoms with Crippen LogP contribution in [0.5, 0.6) is 5.75 Å². The maximum absolute atomic E-state index is 14.3. The molecule has 2 aromatic carbocycles. The largest absolute Gasteiger partial charge is 0.484 e. The maximum atomic E-state index is 14.3. The fraction of sp³-hybridized carbons (Fsp3) is 0.263. The van der Waals surface area contributed by atoms with E-state index in [-0.39, 0.29) is 16.9 Å². The summed E-state index contributed by atoms with van der Waals surface area (Å²) in [4.78, 5) is 16.5. The van der Waals surface area contributed by atoms with E-state index in [4.69, 9.17) is 9.47 Å². The molecule has 0 aliphatic rings. The average Bonchev–Trinajstić information content (AvgIpc) is 2.98. The smallest absolute Gasteiger partial charge is 0.286 e. The number of fused-ring (bicyclic) bond motifs is 1. The van der Waals surface area contributed by atoms with Crippen LogP contribution in [-0.4, -0.2) is 30.3 Å². The summed E-state index contributed by atoms with van der Waals surface area (Å²) in [5.41, 5.74) is 0.205. The highest BCUT2D eigenvalue weighted by molar-refractivity contribution is 7.16. The third kappa shape index (κ3) is 4.78. The first-order valence-electron chi connectivity index (χ1n) is 8.40. The van der Waals surface area contributed by atoms with Crippen LogP contribution in [0.1, 0.15) is 6.92 Å². The minimum Gasteiger partial charge on any atom is -0.484 e. The lowest BCUT2D eigenvalue weighted by molar-refractivity contribution is -0.120. The minimum atomic E-state index is -0.702. The fourth-order valence-corrected chi connectivity index (χ4v) is 3.64. The van der Waals surface area contributed by atoms with E-state index in [0.29, 0.717) is 30.2 Å². The molecule has 3 rings (SSSR count). The second-order valence-electron chi connectivity index (χ2n) is 5.57. The van der Waals surface area contributed by atoms with Gasteiger partial charge in [0, 0.05) is 19.2 Å². The number of benzene rings is 2. The lowest BCUT2D eigenvalue weighted by Gasteiger charge is -2.06. The van der Waals surface area contributed by atoms with E-state index in [1.165, 1.54) is 10.6 Å². The van der Waals surface area contributed by atoms with Crippen LogP contribution < -0.4 is 9.54 Å². The molecule has 27 heavy (non-hydrogen) atoms. The van der Waals surface area contributed by atoms with Crippen molar-refractivity contribution in [3.05, 3.63) is 58.9 Å². The minimum absolute atomic E-state index is 0.205. The number of nitrogens with zero attached hydrogens (tertiary/aromatic N) is 2. The number of ether oxygens (including phenoxy) is 2. The predicted octanol–water partition coefficient (Wildman–Crippen LogP) is 3.52. The van der Waals surface area contributed by atoms with Crippen LogP contribution in [0.4, 0.5) is 8.78 Å². The number of rotatable bonds is 7. The molecule has 0 saturated carbocycles. The van der Waals surface area contributed by atoms with Gasteiger partial charge in [-0.3, -0.25) is 4.79 Å². The molecular formula is C19H18F2N2O3S. The summed E-state index contributed by atoms with van der Waals surface area (Å²) in [6, 6.07) is 10.9. The van der Waals surface area contributed by atoms with Crippen LogP contribution in [0.25, 0.3) is 10.2 Å². The van der Waals surface area contributed by atoms with Crippen molar-refractivity contribution in [1.29, 1.82) is 0 Å². The molecule has 0 fully saturated rings. The molecule has 5 nitrogen and oxygen atoms in total. The SMILES string of the molecule is CCOCCn1c(=NC(=O)COc2ccccc2)sc2cc(F)cc(F)c21. The molecular weight excluding hydrogens is 374 g/mol. The van der Waals surface area contributed by atoms with Crippen molar-refractivity contribution in [1.82, 2.24) is 4.57 Å². The highest BCUT2D eigenvalue weighted by atomic mass is 32.1. The van der Waals surface area contributed by atoms with E-state index in [9.17, 15) is 13.6 Å². The van der Waals surface area contributed by atoms with Gasteiger partial charge in [0.25, 0.3) is 5.91 Å². The van der Waals surface area contributed by atoms with Crippen LogP contribution in [0, 0.1) is 11.6 Å². The number of para-hydroxylation sites is 1. The summed E-state index contributed by atoms with van der Waals surface area (Å²) in [5, 5.41) is 0. The fourth-order valence-electron chi connectivity index (χ4n) is 2.52. The van der Waals surface area contributed by atoms with E-state index in [1.54, 1.807) is 24.3 Å². The number of thiazole rings is 1. The zero-order valence-electron chi connectivity index (χ0n) is 14.7. The van der Waals surface area contributed by atoms with E-state index in [0.717, 1.165) is 17.4 Å². The van der Waals surface area contributed by atoms with Gasteiger partial charge < -0.3 is 14.0 Å². The lowest BCUT2D eigenvalue weighted by atomic mass is 10.3. The highest BCUT2D eigenvalue weighted by Crippen LogP contribution is 2.22. The Hall–Kier alpha value is -2.58. The first-order valence-corrected chi connectivity index (χ1v) is 9.21. The molecule has 0 spiro atoms. The second kappa shape index (κ2) is 8.88. The Balaban J connectivity index is 1.91. The normalized spacial score (nSPS) is 11.9. The van der Waals surface area contributed by atoms with Gasteiger partial charge in [0.2, 0.25) is 0 Å². The summed E-state index contributed by atoms with van der Waals surface area (Å²) < 4.78 is 40.4. The Bertz CT molecular complexity index is 999. The number of halogens is 2. The van der Waals surface area contributed by atoms with Gasteiger partial charge in [-0.25, -0.2) is 8.78 Å². The van der Waals surface area contributed by atoms with Crippen molar-refractivity contribution in [2.75, 3.05) is 19.8 Å². The summed E-state index contributed by atoms with van der Waals surface area (Å²) in [6.07, 6.45) is 0. The molecule has 0 aliphatic carbocycles. The number of hydrogen-bond acceptors (Lipinski definition) is 4. The summed E-state index contributed by atoms with van der Waals surface area (Å²) in [7, 11) is 0. The monoisotopic (exact) mass is 392 g/mol. The molecule has 1 aromatic heterocycles. The van der Waals surface area contributed by atoms with Crippen LogP contribution in [0.15, 0.2) is 47.5 Å². The van der Waals surface area contributed by atoms with E-state index in [2.05, 4.69) is 4.99 Å². The number of amides is 1. The number of carbonyl (C=O) groups is 1. The van der Waals surface area contributed by atoms with Gasteiger partial charge in [-0.2, -0.15) is 4.99 Å². The van der Waals surface area contributed by atoms with E-state index < -0.39 is 17.5 Å². The van der Waals surface area contributed by atoms with Crippen molar-refractivity contribution in [3.8, 4) is 5.75 Å². The van der Waals surface area contributed by atoms with Crippen LogP contribution in [-0.2, 0) is 16.1 Å². The molecule has 0 radical (unpaired) electrons. The maximum Gasteiger partial charge on any atom is 0.286 e. The molecule has 0 N–H and O–H groups in total. The van der Waals surface area contributed by atoms with E-state index in [1.807, 2.05) is 13.0 Å². The molecule has 0 atom stereocenters. The molecule has 0 unspecified atom stereocenters. The zero-order chi connectivity index (χ0) is 19.2. The first-order chi connectivity index (χ1) is 13.1. The summed E-state index contributed by atoms with van der Waals surface area (Å²) >= 11 is 1.04. The number of aromatic nitrogens is 1. The summed E-state index contributed by atoms with van der Waals surface area (Å²) in [5.74, 6) is -1.35. The molecule has 8 heteroatoms. The van der Waals surface area contributed by atoms with Gasteiger partial charge >= 0.3 is 0 Å². The lowest BCUT2D eigenvalue weighted by Crippen LogP contribution is -2.21. The van der Waals surface area contributed by atoms with Crippen molar-refractivity contribution in [3.63, 3.8) is 0 Å². The first kappa shape index (κ1) is 19.2. The van der Waals surface area contributed by atoms with Crippen LogP contribution in [0.2, 0.25) is 0 Å². The van der Waals surface area contributed by atoms with Gasteiger partial charge in [0.15, 0.2) is 17.2 Å². The third-order valence-corrected chi connectivity index (χ3v) is 4.71. The number of carbonyl (C=O) groups excluding carboxylic acids is 1. The van der Waals surface area contributed by atoms with Crippen LogP contribution >= 0.6 is 11.3 Å². The molecule has 0 bridgehead atoms. The second-order valence-corrected chi connectivity index (χ2v) is 6.58. The van der Waals surface area contributed by atoms with Gasteiger partial charge in [-0.05, 0) is 25.1 Å². The van der Waals surface area contributed by atoms with Crippen molar-refractivity contribution in [2.45, 2.75) is 13.5 Å². The van der Waals surface area contributed by atoms with Gasteiger partial charge in [0.1, 0.15) is 11.6 Å². The molecule has 0 saturated heterocycles. The predicted molar refractivity (Wildman–Crippen MR) is 98.7 cm³/mol. The van der Waals surface area contributed by atoms with Gasteiger partial charge in [-0.1, -0.05) is 29.5 Å².